The van der Waals surface area contributed by atoms with E-state index in [1.807, 2.05) is 0 Å². The van der Waals surface area contributed by atoms with Crippen LogP contribution in [0.5, 0.6) is 0 Å². The third-order valence-corrected chi connectivity index (χ3v) is 3.69. The Kier molecular flexibility index (Phi) is 1.49. The van der Waals surface area contributed by atoms with Crippen molar-refractivity contribution in [3.05, 3.63) is 22.3 Å². The van der Waals surface area contributed by atoms with E-state index < -0.39 is 0 Å². The van der Waals surface area contributed by atoms with Gasteiger partial charge in [-0.3, -0.25) is 4.79 Å². The molecular formula is C12H14O. The fourth-order valence-electron chi connectivity index (χ4n) is 2.95. The second-order valence-electron chi connectivity index (χ2n) is 4.42. The quantitative estimate of drug-likeness (QED) is 0.516. The molecule has 0 unspecified atom stereocenters. The molecule has 13 heavy (non-hydrogen) atoms. The van der Waals surface area contributed by atoms with Crippen LogP contribution in [0.2, 0.25) is 0 Å². The molecule has 1 heteroatoms. The molecule has 0 aromatic rings. The largest absolute Gasteiger partial charge is 0.295 e. The van der Waals surface area contributed by atoms with Gasteiger partial charge in [-0.05, 0) is 44.1 Å². The van der Waals surface area contributed by atoms with Crippen LogP contribution in [0.15, 0.2) is 22.3 Å². The van der Waals surface area contributed by atoms with Gasteiger partial charge in [0.15, 0.2) is 5.78 Å². The van der Waals surface area contributed by atoms with E-state index in [1.165, 1.54) is 30.4 Å². The van der Waals surface area contributed by atoms with Gasteiger partial charge >= 0.3 is 0 Å². The summed E-state index contributed by atoms with van der Waals surface area (Å²) in [7, 11) is 0. The Balaban J connectivity index is 1.94. The van der Waals surface area contributed by atoms with Gasteiger partial charge in [-0.2, -0.15) is 0 Å². The van der Waals surface area contributed by atoms with E-state index in [0.717, 1.165) is 25.7 Å². The lowest BCUT2D eigenvalue weighted by Crippen LogP contribution is -2.03. The maximum atomic E-state index is 11.5. The smallest absolute Gasteiger partial charge is 0.159 e. The zero-order valence-electron chi connectivity index (χ0n) is 7.86. The van der Waals surface area contributed by atoms with Crippen molar-refractivity contribution in [1.29, 1.82) is 0 Å². The van der Waals surface area contributed by atoms with Crippen LogP contribution >= 0.6 is 0 Å². The first-order valence-corrected chi connectivity index (χ1v) is 5.28. The molecule has 0 bridgehead atoms. The summed E-state index contributed by atoms with van der Waals surface area (Å²) >= 11 is 0. The van der Waals surface area contributed by atoms with Crippen LogP contribution in [0, 0.1) is 0 Å². The van der Waals surface area contributed by atoms with Gasteiger partial charge in [0, 0.05) is 6.42 Å². The molecule has 0 aromatic heterocycles. The van der Waals surface area contributed by atoms with Crippen molar-refractivity contribution in [1.82, 2.24) is 0 Å². The number of carbonyl (C=O) groups is 1. The fourth-order valence-corrected chi connectivity index (χ4v) is 2.95. The van der Waals surface area contributed by atoms with E-state index in [4.69, 9.17) is 0 Å². The monoisotopic (exact) mass is 174 g/mol. The van der Waals surface area contributed by atoms with Crippen LogP contribution in [0.25, 0.3) is 0 Å². The molecule has 0 aromatic carbocycles. The van der Waals surface area contributed by atoms with E-state index in [0.29, 0.717) is 5.78 Å². The SMILES string of the molecule is O=C1CCC2=C1CC1=C(CCC1)C2. The molecular weight excluding hydrogens is 160 g/mol. The predicted molar refractivity (Wildman–Crippen MR) is 51.4 cm³/mol. The molecule has 0 fully saturated rings. The normalized spacial score (nSPS) is 26.9. The summed E-state index contributed by atoms with van der Waals surface area (Å²) in [5.41, 5.74) is 5.95. The van der Waals surface area contributed by atoms with Crippen LogP contribution in [0.3, 0.4) is 0 Å². The van der Waals surface area contributed by atoms with Gasteiger partial charge in [-0.25, -0.2) is 0 Å². The van der Waals surface area contributed by atoms with Crippen LogP contribution in [-0.4, -0.2) is 5.78 Å². The summed E-state index contributed by atoms with van der Waals surface area (Å²) in [5, 5.41) is 0. The van der Waals surface area contributed by atoms with Crippen molar-refractivity contribution in [3.63, 3.8) is 0 Å². The highest BCUT2D eigenvalue weighted by molar-refractivity contribution is 5.99. The van der Waals surface area contributed by atoms with Crippen molar-refractivity contribution in [3.8, 4) is 0 Å². The van der Waals surface area contributed by atoms with E-state index in [-0.39, 0.29) is 0 Å². The molecule has 1 nitrogen and oxygen atoms in total. The molecule has 0 N–H and O–H groups in total. The second kappa shape index (κ2) is 2.57. The van der Waals surface area contributed by atoms with Crippen molar-refractivity contribution < 1.29 is 4.79 Å². The summed E-state index contributed by atoms with van der Waals surface area (Å²) in [6, 6.07) is 0. The van der Waals surface area contributed by atoms with Gasteiger partial charge in [0.05, 0.1) is 0 Å². The Morgan fingerprint density at radius 1 is 0.769 bits per heavy atom. The van der Waals surface area contributed by atoms with Gasteiger partial charge in [-0.15, -0.1) is 0 Å². The molecule has 0 saturated heterocycles. The highest BCUT2D eigenvalue weighted by Crippen LogP contribution is 2.43. The molecule has 3 rings (SSSR count). The topological polar surface area (TPSA) is 17.1 Å². The molecule has 3 aliphatic rings. The highest BCUT2D eigenvalue weighted by atomic mass is 16.1. The van der Waals surface area contributed by atoms with E-state index >= 15 is 0 Å². The Bertz CT molecular complexity index is 344. The van der Waals surface area contributed by atoms with E-state index in [9.17, 15) is 4.79 Å². The first kappa shape index (κ1) is 7.54. The number of carbonyl (C=O) groups excluding carboxylic acids is 1. The average Bonchev–Trinajstić information content (AvgIpc) is 2.70. The first-order valence-electron chi connectivity index (χ1n) is 5.28. The van der Waals surface area contributed by atoms with Gasteiger partial charge in [0.25, 0.3) is 0 Å². The number of Topliss-reactive ketones (excluding diaryl/α,β-unsaturated/α-hetero) is 1. The Labute approximate surface area is 78.5 Å². The summed E-state index contributed by atoms with van der Waals surface area (Å²) in [5.74, 6) is 0.438. The molecule has 0 saturated carbocycles. The molecule has 0 amide bonds. The summed E-state index contributed by atoms with van der Waals surface area (Å²) < 4.78 is 0. The average molecular weight is 174 g/mol. The summed E-state index contributed by atoms with van der Waals surface area (Å²) in [4.78, 5) is 11.5. The van der Waals surface area contributed by atoms with Crippen LogP contribution in [0.4, 0.5) is 0 Å². The van der Waals surface area contributed by atoms with E-state index in [1.54, 1.807) is 11.1 Å². The zero-order chi connectivity index (χ0) is 8.84. The lowest BCUT2D eigenvalue weighted by molar-refractivity contribution is -0.115. The lowest BCUT2D eigenvalue weighted by atomic mass is 9.89. The minimum Gasteiger partial charge on any atom is -0.295 e. The maximum Gasteiger partial charge on any atom is 0.159 e. The Morgan fingerprint density at radius 2 is 1.54 bits per heavy atom. The molecule has 0 radical (unpaired) electrons. The number of rotatable bonds is 0. The standard InChI is InChI=1S/C12H14O/c13-12-5-4-10-6-8-2-1-3-9(8)7-11(10)12/h1-7H2. The molecule has 68 valence electrons. The zero-order valence-corrected chi connectivity index (χ0v) is 7.86. The van der Waals surface area contributed by atoms with Gasteiger partial charge in [0.1, 0.15) is 0 Å². The lowest BCUT2D eigenvalue weighted by Gasteiger charge is -2.16. The predicted octanol–water partition coefficient (Wildman–Crippen LogP) is 2.92. The third-order valence-electron chi connectivity index (χ3n) is 3.69. The number of allylic oxidation sites excluding steroid dienone is 4. The van der Waals surface area contributed by atoms with Gasteiger partial charge < -0.3 is 0 Å². The molecule has 0 heterocycles. The van der Waals surface area contributed by atoms with Crippen LogP contribution in [-0.2, 0) is 4.79 Å². The second-order valence-corrected chi connectivity index (χ2v) is 4.42. The minimum atomic E-state index is 0.438. The number of ketones is 1. The van der Waals surface area contributed by atoms with Crippen molar-refractivity contribution in [2.45, 2.75) is 44.9 Å². The summed E-state index contributed by atoms with van der Waals surface area (Å²) in [6.07, 6.45) is 7.93. The Morgan fingerprint density at radius 3 is 2.38 bits per heavy atom. The van der Waals surface area contributed by atoms with E-state index in [2.05, 4.69) is 0 Å². The highest BCUT2D eigenvalue weighted by Gasteiger charge is 2.30. The van der Waals surface area contributed by atoms with Crippen LogP contribution in [0.1, 0.15) is 44.9 Å². The van der Waals surface area contributed by atoms with Crippen LogP contribution < -0.4 is 0 Å². The number of hydrogen-bond donors (Lipinski definition) is 0. The fraction of sp³-hybridized carbons (Fsp3) is 0.583. The maximum absolute atomic E-state index is 11.5. The van der Waals surface area contributed by atoms with Gasteiger partial charge in [0.2, 0.25) is 0 Å². The van der Waals surface area contributed by atoms with Crippen molar-refractivity contribution >= 4 is 5.78 Å². The minimum absolute atomic E-state index is 0.438. The Hall–Kier alpha value is -0.850. The number of hydrogen-bond acceptors (Lipinski definition) is 1. The van der Waals surface area contributed by atoms with Gasteiger partial charge in [-0.1, -0.05) is 16.7 Å². The molecule has 0 spiro atoms. The summed E-state index contributed by atoms with van der Waals surface area (Å²) in [6.45, 7) is 0. The molecule has 3 aliphatic carbocycles. The first-order chi connectivity index (χ1) is 6.34. The third kappa shape index (κ3) is 1.03. The van der Waals surface area contributed by atoms with Crippen molar-refractivity contribution in [2.24, 2.45) is 0 Å². The molecule has 0 atom stereocenters. The van der Waals surface area contributed by atoms with Crippen molar-refractivity contribution in [2.75, 3.05) is 0 Å². The molecule has 0 aliphatic heterocycles.